The van der Waals surface area contributed by atoms with Gasteiger partial charge in [0.2, 0.25) is 5.91 Å². The lowest BCUT2D eigenvalue weighted by Crippen LogP contribution is -2.44. The van der Waals surface area contributed by atoms with Gasteiger partial charge in [-0.15, -0.1) is 0 Å². The average molecular weight is 356 g/mol. The van der Waals surface area contributed by atoms with Crippen LogP contribution in [0, 0.1) is 0 Å². The third-order valence-electron chi connectivity index (χ3n) is 4.00. The maximum Gasteiger partial charge on any atom is 0.242 e. The number of carbonyl (C=O) groups is 1. The largest absolute Gasteiger partial charge is 0.356 e. The Labute approximate surface area is 155 Å². The van der Waals surface area contributed by atoms with Crippen molar-refractivity contribution in [2.45, 2.75) is 26.4 Å². The Hall–Kier alpha value is -2.83. The summed E-state index contributed by atoms with van der Waals surface area (Å²) in [6.45, 7) is 5.10. The van der Waals surface area contributed by atoms with Gasteiger partial charge >= 0.3 is 0 Å². The first kappa shape index (κ1) is 19.5. The van der Waals surface area contributed by atoms with Gasteiger partial charge in [0.1, 0.15) is 0 Å². The summed E-state index contributed by atoms with van der Waals surface area (Å²) in [5.41, 5.74) is 1.13. The van der Waals surface area contributed by atoms with Gasteiger partial charge in [0, 0.05) is 45.6 Å². The Morgan fingerprint density at radius 2 is 2.04 bits per heavy atom. The number of hydrogen-bond acceptors (Lipinski definition) is 3. The first-order valence-corrected chi connectivity index (χ1v) is 8.96. The molecular weight excluding hydrogens is 328 g/mol. The second-order valence-corrected chi connectivity index (χ2v) is 5.87. The van der Waals surface area contributed by atoms with E-state index in [4.69, 9.17) is 0 Å². The van der Waals surface area contributed by atoms with E-state index in [2.05, 4.69) is 20.7 Å². The zero-order valence-electron chi connectivity index (χ0n) is 15.6. The highest BCUT2D eigenvalue weighted by Gasteiger charge is 2.12. The number of benzene rings is 1. The third-order valence-corrected chi connectivity index (χ3v) is 4.00. The van der Waals surface area contributed by atoms with Crippen LogP contribution in [0.2, 0.25) is 0 Å². The van der Waals surface area contributed by atoms with Crippen LogP contribution in [0.25, 0.3) is 0 Å². The summed E-state index contributed by atoms with van der Waals surface area (Å²) >= 11 is 0. The van der Waals surface area contributed by atoms with Crippen molar-refractivity contribution in [3.8, 4) is 0 Å². The minimum atomic E-state index is 0.0517. The summed E-state index contributed by atoms with van der Waals surface area (Å²) in [7, 11) is 1.70. The second-order valence-electron chi connectivity index (χ2n) is 5.87. The van der Waals surface area contributed by atoms with Crippen molar-refractivity contribution in [2.75, 3.05) is 26.7 Å². The quantitative estimate of drug-likeness (QED) is 0.406. The van der Waals surface area contributed by atoms with Crippen LogP contribution in [0.3, 0.4) is 0 Å². The third kappa shape index (κ3) is 6.58. The molecule has 26 heavy (non-hydrogen) atoms. The van der Waals surface area contributed by atoms with Crippen molar-refractivity contribution >= 4 is 11.9 Å². The topological polar surface area (TPSA) is 74.6 Å². The molecule has 7 heteroatoms. The molecule has 2 rings (SSSR count). The molecule has 0 aliphatic rings. The van der Waals surface area contributed by atoms with Crippen LogP contribution in [0.1, 0.15) is 18.9 Å². The minimum Gasteiger partial charge on any atom is -0.356 e. The van der Waals surface area contributed by atoms with E-state index in [9.17, 15) is 4.79 Å². The first-order chi connectivity index (χ1) is 12.7. The monoisotopic (exact) mass is 356 g/mol. The van der Waals surface area contributed by atoms with Crippen LogP contribution < -0.4 is 10.6 Å². The molecule has 0 atom stereocenters. The fourth-order valence-corrected chi connectivity index (χ4v) is 2.55. The highest BCUT2D eigenvalue weighted by Crippen LogP contribution is 2.04. The van der Waals surface area contributed by atoms with Crippen LogP contribution in [0.4, 0.5) is 0 Å². The molecule has 1 aromatic carbocycles. The zero-order chi connectivity index (χ0) is 18.6. The zero-order valence-corrected chi connectivity index (χ0v) is 15.6. The number of amides is 1. The SMILES string of the molecule is CCN(Cc1ccccc1)C(=O)CNC(=NC)NCCCn1cccn1. The number of hydrogen-bond donors (Lipinski definition) is 2. The van der Waals surface area contributed by atoms with Gasteiger partial charge in [-0.3, -0.25) is 14.5 Å². The van der Waals surface area contributed by atoms with Gasteiger partial charge in [0.25, 0.3) is 0 Å². The van der Waals surface area contributed by atoms with Crippen molar-refractivity contribution in [3.63, 3.8) is 0 Å². The summed E-state index contributed by atoms with van der Waals surface area (Å²) in [5.74, 6) is 0.686. The summed E-state index contributed by atoms with van der Waals surface area (Å²) in [4.78, 5) is 18.4. The molecule has 1 amide bonds. The molecule has 0 unspecified atom stereocenters. The van der Waals surface area contributed by atoms with Gasteiger partial charge in [0.05, 0.1) is 6.54 Å². The summed E-state index contributed by atoms with van der Waals surface area (Å²) in [5, 5.41) is 10.5. The number of carbonyl (C=O) groups excluding carboxylic acids is 1. The van der Waals surface area contributed by atoms with E-state index in [-0.39, 0.29) is 12.5 Å². The predicted molar refractivity (Wildman–Crippen MR) is 104 cm³/mol. The van der Waals surface area contributed by atoms with Gasteiger partial charge in [-0.25, -0.2) is 0 Å². The maximum atomic E-state index is 12.5. The molecule has 0 bridgehead atoms. The normalized spacial score (nSPS) is 11.2. The van der Waals surface area contributed by atoms with E-state index in [1.54, 1.807) is 13.2 Å². The lowest BCUT2D eigenvalue weighted by Gasteiger charge is -2.22. The highest BCUT2D eigenvalue weighted by atomic mass is 16.2. The van der Waals surface area contributed by atoms with E-state index in [1.165, 1.54) is 0 Å². The molecule has 0 aliphatic carbocycles. The van der Waals surface area contributed by atoms with Crippen LogP contribution in [0.15, 0.2) is 53.8 Å². The molecule has 0 fully saturated rings. The number of rotatable bonds is 9. The highest BCUT2D eigenvalue weighted by molar-refractivity contribution is 5.86. The summed E-state index contributed by atoms with van der Waals surface area (Å²) in [6, 6.07) is 11.9. The Kier molecular flexibility index (Phi) is 8.18. The number of aryl methyl sites for hydroxylation is 1. The average Bonchev–Trinajstić information content (AvgIpc) is 3.19. The minimum absolute atomic E-state index is 0.0517. The summed E-state index contributed by atoms with van der Waals surface area (Å²) < 4.78 is 1.89. The van der Waals surface area contributed by atoms with Gasteiger partial charge in [-0.2, -0.15) is 5.10 Å². The number of aromatic nitrogens is 2. The van der Waals surface area contributed by atoms with Crippen LogP contribution in [-0.2, 0) is 17.9 Å². The number of aliphatic imine (C=N–C) groups is 1. The molecule has 0 radical (unpaired) electrons. The molecule has 0 saturated heterocycles. The Balaban J connectivity index is 1.71. The smallest absolute Gasteiger partial charge is 0.242 e. The van der Waals surface area contributed by atoms with E-state index < -0.39 is 0 Å². The van der Waals surface area contributed by atoms with Gasteiger partial charge in [0.15, 0.2) is 5.96 Å². The molecule has 0 aliphatic heterocycles. The Morgan fingerprint density at radius 1 is 1.23 bits per heavy atom. The molecule has 140 valence electrons. The molecule has 7 nitrogen and oxygen atoms in total. The second kappa shape index (κ2) is 10.9. The van der Waals surface area contributed by atoms with E-state index in [0.717, 1.165) is 25.1 Å². The van der Waals surface area contributed by atoms with E-state index in [1.807, 2.05) is 59.1 Å². The van der Waals surface area contributed by atoms with Gasteiger partial charge in [-0.1, -0.05) is 30.3 Å². The number of nitrogens with zero attached hydrogens (tertiary/aromatic N) is 4. The molecule has 0 saturated carbocycles. The van der Waals surface area contributed by atoms with Crippen molar-refractivity contribution in [1.29, 1.82) is 0 Å². The fraction of sp³-hybridized carbons (Fsp3) is 0.421. The van der Waals surface area contributed by atoms with Crippen molar-refractivity contribution in [2.24, 2.45) is 4.99 Å². The number of guanidine groups is 1. The molecule has 0 spiro atoms. The van der Waals surface area contributed by atoms with Crippen LogP contribution in [0.5, 0.6) is 0 Å². The maximum absolute atomic E-state index is 12.5. The van der Waals surface area contributed by atoms with Crippen molar-refractivity contribution in [3.05, 3.63) is 54.4 Å². The first-order valence-electron chi connectivity index (χ1n) is 8.96. The lowest BCUT2D eigenvalue weighted by molar-refractivity contribution is -0.130. The molecular formula is C19H28N6O. The molecule has 1 heterocycles. The van der Waals surface area contributed by atoms with Crippen LogP contribution in [-0.4, -0.2) is 53.2 Å². The van der Waals surface area contributed by atoms with Crippen LogP contribution >= 0.6 is 0 Å². The van der Waals surface area contributed by atoms with Gasteiger partial charge in [-0.05, 0) is 25.0 Å². The number of nitrogens with one attached hydrogen (secondary N) is 2. The lowest BCUT2D eigenvalue weighted by atomic mass is 10.2. The fourth-order valence-electron chi connectivity index (χ4n) is 2.55. The molecule has 1 aromatic heterocycles. The molecule has 2 N–H and O–H groups in total. The Bertz CT molecular complexity index is 669. The molecule has 2 aromatic rings. The predicted octanol–water partition coefficient (Wildman–Crippen LogP) is 1.49. The standard InChI is InChI=1S/C19H28N6O/c1-3-24(16-17-9-5-4-6-10-17)18(26)15-22-19(20-2)21-11-7-13-25-14-8-12-23-25/h4-6,8-10,12,14H,3,7,11,13,15-16H2,1-2H3,(H2,20,21,22). The van der Waals surface area contributed by atoms with Gasteiger partial charge < -0.3 is 15.5 Å². The number of likely N-dealkylation sites (N-methyl/N-ethyl adjacent to an activating group) is 1. The van der Waals surface area contributed by atoms with E-state index >= 15 is 0 Å². The van der Waals surface area contributed by atoms with E-state index in [0.29, 0.717) is 19.0 Å². The summed E-state index contributed by atoms with van der Waals surface area (Å²) in [6.07, 6.45) is 4.64. The van der Waals surface area contributed by atoms with Crippen molar-refractivity contribution in [1.82, 2.24) is 25.3 Å². The Morgan fingerprint density at radius 3 is 2.69 bits per heavy atom. The van der Waals surface area contributed by atoms with Crippen molar-refractivity contribution < 1.29 is 4.79 Å².